The van der Waals surface area contributed by atoms with Crippen LogP contribution in [0.5, 0.6) is 0 Å². The van der Waals surface area contributed by atoms with Crippen molar-refractivity contribution in [1.29, 1.82) is 0 Å². The van der Waals surface area contributed by atoms with Crippen molar-refractivity contribution in [2.75, 3.05) is 11.4 Å². The third kappa shape index (κ3) is 3.15. The number of benzene rings is 2. The second-order valence-electron chi connectivity index (χ2n) is 6.49. The molecule has 1 atom stereocenters. The minimum atomic E-state index is -0.350. The molecular formula is C19H18FN5O2. The largest absolute Gasteiger partial charge is 0.318 e. The first-order chi connectivity index (χ1) is 13.1. The Balaban J connectivity index is 1.70. The molecule has 27 heavy (non-hydrogen) atoms. The fourth-order valence-corrected chi connectivity index (χ4v) is 3.51. The highest BCUT2D eigenvalue weighted by molar-refractivity contribution is 5.96. The van der Waals surface area contributed by atoms with E-state index in [1.807, 2.05) is 24.3 Å². The molecule has 2 amide bonds. The van der Waals surface area contributed by atoms with Crippen molar-refractivity contribution < 1.29 is 14.0 Å². The van der Waals surface area contributed by atoms with Gasteiger partial charge in [0.25, 0.3) is 5.91 Å². The normalized spacial score (nSPS) is 16.9. The molecule has 1 unspecified atom stereocenters. The van der Waals surface area contributed by atoms with Crippen molar-refractivity contribution in [2.24, 2.45) is 5.84 Å². The molecule has 2 aromatic carbocycles. The molecule has 8 heteroatoms. The monoisotopic (exact) mass is 367 g/mol. The van der Waals surface area contributed by atoms with Gasteiger partial charge in [0.15, 0.2) is 0 Å². The molecule has 3 aromatic rings. The summed E-state index contributed by atoms with van der Waals surface area (Å²) in [5.41, 5.74) is 4.34. The highest BCUT2D eigenvalue weighted by atomic mass is 19.1. The zero-order chi connectivity index (χ0) is 19.0. The van der Waals surface area contributed by atoms with E-state index in [4.69, 9.17) is 5.84 Å². The lowest BCUT2D eigenvalue weighted by Gasteiger charge is -2.17. The average Bonchev–Trinajstić information content (AvgIpc) is 3.23. The lowest BCUT2D eigenvalue weighted by Crippen LogP contribution is -2.34. The first-order valence-corrected chi connectivity index (χ1v) is 8.57. The number of hydrogen-bond acceptors (Lipinski definition) is 4. The van der Waals surface area contributed by atoms with Crippen LogP contribution in [0.1, 0.15) is 18.2 Å². The molecule has 138 valence electrons. The van der Waals surface area contributed by atoms with Crippen molar-refractivity contribution >= 4 is 28.5 Å². The van der Waals surface area contributed by atoms with Crippen LogP contribution in [0.2, 0.25) is 0 Å². The number of nitrogens with one attached hydrogen (secondary N) is 1. The third-order valence-corrected chi connectivity index (χ3v) is 4.78. The van der Waals surface area contributed by atoms with Gasteiger partial charge in [-0.3, -0.25) is 15.0 Å². The predicted molar refractivity (Wildman–Crippen MR) is 98.2 cm³/mol. The Morgan fingerprint density at radius 2 is 1.96 bits per heavy atom. The van der Waals surface area contributed by atoms with E-state index in [2.05, 4.69) is 10.4 Å². The summed E-state index contributed by atoms with van der Waals surface area (Å²) in [6.45, 7) is 0.436. The molecule has 2 heterocycles. The molecule has 1 aliphatic rings. The number of fused-ring (bicyclic) bond motifs is 1. The minimum absolute atomic E-state index is 0.0214. The van der Waals surface area contributed by atoms with Gasteiger partial charge in [0.1, 0.15) is 18.2 Å². The van der Waals surface area contributed by atoms with Gasteiger partial charge in [0, 0.05) is 24.6 Å². The van der Waals surface area contributed by atoms with Crippen LogP contribution in [0.3, 0.4) is 0 Å². The Labute approximate surface area is 154 Å². The summed E-state index contributed by atoms with van der Waals surface area (Å²) in [6, 6.07) is 13.3. The third-order valence-electron chi connectivity index (χ3n) is 4.78. The molecule has 1 fully saturated rings. The van der Waals surface area contributed by atoms with Crippen molar-refractivity contribution in [1.82, 2.24) is 15.0 Å². The first kappa shape index (κ1) is 17.2. The van der Waals surface area contributed by atoms with Crippen LogP contribution < -0.4 is 16.2 Å². The van der Waals surface area contributed by atoms with Gasteiger partial charge in [-0.15, -0.1) is 0 Å². The number of carbonyl (C=O) groups excluding carboxylic acids is 2. The second-order valence-corrected chi connectivity index (χ2v) is 6.49. The number of anilines is 1. The average molecular weight is 367 g/mol. The summed E-state index contributed by atoms with van der Waals surface area (Å²) in [5, 5.41) is 0. The Kier molecular flexibility index (Phi) is 4.33. The molecule has 0 spiro atoms. The van der Waals surface area contributed by atoms with Crippen LogP contribution in [0.4, 0.5) is 10.1 Å². The second kappa shape index (κ2) is 6.81. The van der Waals surface area contributed by atoms with Crippen LogP contribution in [-0.4, -0.2) is 27.9 Å². The number of carbonyl (C=O) groups is 2. The topological polar surface area (TPSA) is 93.2 Å². The summed E-state index contributed by atoms with van der Waals surface area (Å²) in [7, 11) is 0. The van der Waals surface area contributed by atoms with Crippen molar-refractivity contribution in [3.63, 3.8) is 0 Å². The molecular weight excluding hydrogens is 349 g/mol. The molecule has 1 aromatic heterocycles. The van der Waals surface area contributed by atoms with E-state index in [1.54, 1.807) is 21.6 Å². The highest BCUT2D eigenvalue weighted by Gasteiger charge is 2.35. The maximum absolute atomic E-state index is 13.2. The van der Waals surface area contributed by atoms with Gasteiger partial charge in [0.05, 0.1) is 11.0 Å². The molecule has 3 N–H and O–H groups in total. The van der Waals surface area contributed by atoms with Gasteiger partial charge in [-0.2, -0.15) is 0 Å². The number of rotatable bonds is 4. The summed E-state index contributed by atoms with van der Waals surface area (Å²) in [6.07, 6.45) is 0.269. The fraction of sp³-hybridized carbons (Fsp3) is 0.211. The van der Waals surface area contributed by atoms with Gasteiger partial charge >= 0.3 is 0 Å². The zero-order valence-electron chi connectivity index (χ0n) is 14.4. The zero-order valence-corrected chi connectivity index (χ0v) is 14.4. The molecule has 0 aliphatic carbocycles. The van der Waals surface area contributed by atoms with E-state index < -0.39 is 0 Å². The molecule has 1 saturated heterocycles. The number of nitrogens with two attached hydrogens (primary N) is 1. The van der Waals surface area contributed by atoms with Crippen molar-refractivity contribution in [2.45, 2.75) is 18.9 Å². The van der Waals surface area contributed by atoms with Gasteiger partial charge in [-0.1, -0.05) is 12.1 Å². The first-order valence-electron chi connectivity index (χ1n) is 8.57. The Morgan fingerprint density at radius 1 is 1.22 bits per heavy atom. The summed E-state index contributed by atoms with van der Waals surface area (Å²) in [5.74, 6) is 4.97. The van der Waals surface area contributed by atoms with E-state index in [0.717, 1.165) is 11.0 Å². The van der Waals surface area contributed by atoms with Crippen LogP contribution in [-0.2, 0) is 16.1 Å². The molecule has 0 saturated carbocycles. The van der Waals surface area contributed by atoms with Gasteiger partial charge in [0.2, 0.25) is 5.91 Å². The number of hydrogen-bond donors (Lipinski definition) is 2. The Morgan fingerprint density at radius 3 is 2.70 bits per heavy atom. The summed E-state index contributed by atoms with van der Waals surface area (Å²) in [4.78, 5) is 30.7. The number of halogens is 1. The summed E-state index contributed by atoms with van der Waals surface area (Å²) < 4.78 is 15.0. The van der Waals surface area contributed by atoms with Crippen molar-refractivity contribution in [3.8, 4) is 0 Å². The smallest absolute Gasteiger partial charge is 0.253 e. The lowest BCUT2D eigenvalue weighted by molar-refractivity contribution is -0.121. The standard InChI is InChI=1S/C19H18FN5O2/c20-13-5-7-14(8-6-13)24-10-12(9-18(24)27)19-22-15-3-1-2-4-16(15)25(19)11-17(26)23-21/h1-8,12H,9-11,21H2,(H,23,26). The Hall–Kier alpha value is -3.26. The van der Waals surface area contributed by atoms with E-state index in [0.29, 0.717) is 18.1 Å². The minimum Gasteiger partial charge on any atom is -0.318 e. The van der Waals surface area contributed by atoms with E-state index in [1.165, 1.54) is 12.1 Å². The molecule has 7 nitrogen and oxygen atoms in total. The number of aromatic nitrogens is 2. The maximum atomic E-state index is 13.2. The summed E-state index contributed by atoms with van der Waals surface area (Å²) >= 11 is 0. The number of imidazole rings is 1. The molecule has 1 aliphatic heterocycles. The highest BCUT2D eigenvalue weighted by Crippen LogP contribution is 2.33. The SMILES string of the molecule is NNC(=O)Cn1c(C2CC(=O)N(c3ccc(F)cc3)C2)nc2ccccc21. The van der Waals surface area contributed by atoms with Gasteiger partial charge in [-0.25, -0.2) is 15.2 Å². The molecule has 4 rings (SSSR count). The van der Waals surface area contributed by atoms with Crippen molar-refractivity contribution in [3.05, 3.63) is 60.2 Å². The fourth-order valence-electron chi connectivity index (χ4n) is 3.51. The maximum Gasteiger partial charge on any atom is 0.253 e. The van der Waals surface area contributed by atoms with Gasteiger partial charge in [-0.05, 0) is 36.4 Å². The van der Waals surface area contributed by atoms with Crippen LogP contribution >= 0.6 is 0 Å². The Bertz CT molecular complexity index is 1010. The predicted octanol–water partition coefficient (Wildman–Crippen LogP) is 1.69. The quantitative estimate of drug-likeness (QED) is 0.417. The molecule has 0 bridgehead atoms. The van der Waals surface area contributed by atoms with E-state index in [-0.39, 0.29) is 36.5 Å². The number of nitrogens with zero attached hydrogens (tertiary/aromatic N) is 3. The van der Waals surface area contributed by atoms with E-state index in [9.17, 15) is 14.0 Å². The van der Waals surface area contributed by atoms with Gasteiger partial charge < -0.3 is 9.47 Å². The van der Waals surface area contributed by atoms with Crippen LogP contribution in [0.15, 0.2) is 48.5 Å². The number of amides is 2. The number of hydrazine groups is 1. The van der Waals surface area contributed by atoms with Crippen LogP contribution in [0.25, 0.3) is 11.0 Å². The van der Waals surface area contributed by atoms with Crippen LogP contribution in [0, 0.1) is 5.82 Å². The molecule has 0 radical (unpaired) electrons. The number of para-hydroxylation sites is 2. The lowest BCUT2D eigenvalue weighted by atomic mass is 10.1. The van der Waals surface area contributed by atoms with E-state index >= 15 is 0 Å².